The van der Waals surface area contributed by atoms with E-state index >= 15 is 0 Å². The van der Waals surface area contributed by atoms with Gasteiger partial charge in [0, 0.05) is 17.4 Å². The molecular formula is C27H28ClNO. The van der Waals surface area contributed by atoms with E-state index in [4.69, 9.17) is 21.3 Å². The van der Waals surface area contributed by atoms with Crippen LogP contribution in [-0.4, -0.2) is 17.2 Å². The third-order valence-electron chi connectivity index (χ3n) is 6.14. The van der Waals surface area contributed by atoms with E-state index in [9.17, 15) is 0 Å². The van der Waals surface area contributed by atoms with Gasteiger partial charge in [-0.05, 0) is 18.1 Å². The SMILES string of the molecule is CC(c1ccccc1)[C@@H]1O[C@](c2ccccc2)(C(C)Cl)N=C(c2ccccc2)[C@@H]1C. The van der Waals surface area contributed by atoms with Crippen LogP contribution < -0.4 is 0 Å². The van der Waals surface area contributed by atoms with Crippen LogP contribution in [0.25, 0.3) is 0 Å². The Morgan fingerprint density at radius 2 is 1.37 bits per heavy atom. The molecule has 0 amide bonds. The number of aliphatic imine (C=N–C) groups is 1. The van der Waals surface area contributed by atoms with Gasteiger partial charge >= 0.3 is 0 Å². The van der Waals surface area contributed by atoms with Gasteiger partial charge in [-0.1, -0.05) is 105 Å². The highest BCUT2D eigenvalue weighted by Crippen LogP contribution is 2.45. The highest BCUT2D eigenvalue weighted by atomic mass is 35.5. The molecule has 5 atom stereocenters. The average Bonchev–Trinajstić information content (AvgIpc) is 2.80. The van der Waals surface area contributed by atoms with Crippen LogP contribution in [-0.2, 0) is 10.5 Å². The fourth-order valence-corrected chi connectivity index (χ4v) is 4.64. The van der Waals surface area contributed by atoms with E-state index in [1.165, 1.54) is 5.56 Å². The van der Waals surface area contributed by atoms with Crippen molar-refractivity contribution in [1.29, 1.82) is 0 Å². The second kappa shape index (κ2) is 8.75. The largest absolute Gasteiger partial charge is 0.344 e. The molecule has 3 aromatic carbocycles. The van der Waals surface area contributed by atoms with Gasteiger partial charge in [-0.15, -0.1) is 11.6 Å². The summed E-state index contributed by atoms with van der Waals surface area (Å²) in [5.41, 5.74) is 3.47. The zero-order valence-corrected chi connectivity index (χ0v) is 18.5. The lowest BCUT2D eigenvalue weighted by Gasteiger charge is -2.45. The second-order valence-electron chi connectivity index (χ2n) is 8.11. The number of hydrogen-bond acceptors (Lipinski definition) is 2. The summed E-state index contributed by atoms with van der Waals surface area (Å²) in [6, 6.07) is 31.1. The minimum absolute atomic E-state index is 0.0680. The fourth-order valence-electron chi connectivity index (χ4n) is 4.41. The summed E-state index contributed by atoms with van der Waals surface area (Å²) in [7, 11) is 0. The molecule has 0 aliphatic carbocycles. The van der Waals surface area contributed by atoms with Crippen molar-refractivity contribution in [1.82, 2.24) is 0 Å². The molecule has 0 aromatic heterocycles. The van der Waals surface area contributed by atoms with Gasteiger partial charge in [0.25, 0.3) is 0 Å². The zero-order valence-electron chi connectivity index (χ0n) is 17.7. The number of halogens is 1. The van der Waals surface area contributed by atoms with E-state index in [1.807, 2.05) is 37.3 Å². The molecule has 0 bridgehead atoms. The van der Waals surface area contributed by atoms with Gasteiger partial charge in [0.1, 0.15) is 0 Å². The van der Waals surface area contributed by atoms with Gasteiger partial charge in [0.05, 0.1) is 17.2 Å². The molecule has 1 heterocycles. The second-order valence-corrected chi connectivity index (χ2v) is 8.77. The van der Waals surface area contributed by atoms with Crippen LogP contribution in [0.2, 0.25) is 0 Å². The summed E-state index contributed by atoms with van der Waals surface area (Å²) < 4.78 is 6.88. The molecular weight excluding hydrogens is 390 g/mol. The lowest BCUT2D eigenvalue weighted by molar-refractivity contribution is -0.123. The lowest BCUT2D eigenvalue weighted by Crippen LogP contribution is -2.50. The van der Waals surface area contributed by atoms with E-state index in [0.29, 0.717) is 0 Å². The van der Waals surface area contributed by atoms with Crippen molar-refractivity contribution in [2.45, 2.75) is 43.9 Å². The summed E-state index contributed by atoms with van der Waals surface area (Å²) in [5, 5.41) is -0.336. The third kappa shape index (κ3) is 3.82. The van der Waals surface area contributed by atoms with E-state index < -0.39 is 5.72 Å². The predicted octanol–water partition coefficient (Wildman–Crippen LogP) is 6.79. The summed E-state index contributed by atoms with van der Waals surface area (Å²) in [5.74, 6) is 0.309. The summed E-state index contributed by atoms with van der Waals surface area (Å²) in [6.45, 7) is 6.42. The van der Waals surface area contributed by atoms with Crippen molar-refractivity contribution in [3.8, 4) is 0 Å². The molecule has 0 spiro atoms. The number of alkyl halides is 1. The lowest BCUT2D eigenvalue weighted by atomic mass is 9.81. The summed E-state index contributed by atoms with van der Waals surface area (Å²) in [6.07, 6.45) is -0.0680. The van der Waals surface area contributed by atoms with Gasteiger partial charge < -0.3 is 4.74 Å². The smallest absolute Gasteiger partial charge is 0.201 e. The van der Waals surface area contributed by atoms with Gasteiger partial charge in [-0.2, -0.15) is 0 Å². The maximum atomic E-state index is 6.88. The molecule has 0 radical (unpaired) electrons. The van der Waals surface area contributed by atoms with Crippen molar-refractivity contribution < 1.29 is 4.74 Å². The number of rotatable bonds is 5. The number of nitrogens with zero attached hydrogens (tertiary/aromatic N) is 1. The van der Waals surface area contributed by atoms with Crippen LogP contribution in [0.3, 0.4) is 0 Å². The van der Waals surface area contributed by atoms with Crippen LogP contribution in [0.1, 0.15) is 43.4 Å². The maximum absolute atomic E-state index is 6.88. The number of benzene rings is 3. The van der Waals surface area contributed by atoms with E-state index in [1.54, 1.807) is 0 Å². The van der Waals surface area contributed by atoms with Crippen LogP contribution in [0, 0.1) is 5.92 Å². The van der Waals surface area contributed by atoms with Gasteiger partial charge in [-0.3, -0.25) is 0 Å². The Balaban J connectivity index is 1.88. The van der Waals surface area contributed by atoms with Crippen LogP contribution in [0.5, 0.6) is 0 Å². The predicted molar refractivity (Wildman–Crippen MR) is 125 cm³/mol. The van der Waals surface area contributed by atoms with Gasteiger partial charge in [-0.25, -0.2) is 4.99 Å². The molecule has 154 valence electrons. The van der Waals surface area contributed by atoms with E-state index in [0.717, 1.165) is 16.8 Å². The van der Waals surface area contributed by atoms with Crippen molar-refractivity contribution >= 4 is 17.3 Å². The number of hydrogen-bond donors (Lipinski definition) is 0. The van der Waals surface area contributed by atoms with Crippen molar-refractivity contribution in [3.63, 3.8) is 0 Å². The normalized spacial score (nSPS) is 25.9. The van der Waals surface area contributed by atoms with Crippen LogP contribution in [0.15, 0.2) is 96.0 Å². The molecule has 1 aliphatic heterocycles. The minimum atomic E-state index is -0.936. The Labute approximate surface area is 184 Å². The third-order valence-corrected chi connectivity index (χ3v) is 6.44. The summed E-state index contributed by atoms with van der Waals surface area (Å²) >= 11 is 6.83. The highest BCUT2D eigenvalue weighted by molar-refractivity contribution is 6.21. The molecule has 1 aliphatic rings. The van der Waals surface area contributed by atoms with Gasteiger partial charge in [0.15, 0.2) is 0 Å². The van der Waals surface area contributed by atoms with Crippen molar-refractivity contribution in [3.05, 3.63) is 108 Å². The monoisotopic (exact) mass is 417 g/mol. The molecule has 30 heavy (non-hydrogen) atoms. The molecule has 3 heteroatoms. The number of ether oxygens (including phenoxy) is 1. The Kier molecular flexibility index (Phi) is 6.08. The minimum Gasteiger partial charge on any atom is -0.344 e. The highest BCUT2D eigenvalue weighted by Gasteiger charge is 2.48. The topological polar surface area (TPSA) is 21.6 Å². The maximum Gasteiger partial charge on any atom is 0.201 e. The van der Waals surface area contributed by atoms with Gasteiger partial charge in [0.2, 0.25) is 5.72 Å². The van der Waals surface area contributed by atoms with E-state index in [2.05, 4.69) is 74.5 Å². The molecule has 3 aromatic rings. The molecule has 0 saturated carbocycles. The first-order valence-electron chi connectivity index (χ1n) is 10.6. The molecule has 0 saturated heterocycles. The Morgan fingerprint density at radius 3 is 1.93 bits per heavy atom. The first-order chi connectivity index (χ1) is 14.5. The molecule has 0 N–H and O–H groups in total. The Morgan fingerprint density at radius 1 is 0.833 bits per heavy atom. The molecule has 4 rings (SSSR count). The molecule has 2 nitrogen and oxygen atoms in total. The first-order valence-corrected chi connectivity index (χ1v) is 11.0. The standard InChI is InChI=1S/C27H28ClNO/c1-19(22-13-7-4-8-14-22)26-20(2)25(23-15-9-5-10-16-23)29-27(30-26,21(3)28)24-17-11-6-12-18-24/h4-21,26H,1-3H3/t19?,20-,21?,26-,27-/m0/s1. The molecule has 0 fully saturated rings. The Hall–Kier alpha value is -2.42. The quantitative estimate of drug-likeness (QED) is 0.418. The van der Waals surface area contributed by atoms with Crippen molar-refractivity contribution in [2.75, 3.05) is 0 Å². The van der Waals surface area contributed by atoms with Crippen molar-refractivity contribution in [2.24, 2.45) is 10.9 Å². The fraction of sp³-hybridized carbons (Fsp3) is 0.296. The van der Waals surface area contributed by atoms with Crippen LogP contribution >= 0.6 is 11.6 Å². The zero-order chi connectivity index (χ0) is 21.1. The first kappa shape index (κ1) is 20.8. The Bertz CT molecular complexity index is 987. The average molecular weight is 418 g/mol. The van der Waals surface area contributed by atoms with Crippen LogP contribution in [0.4, 0.5) is 0 Å². The summed E-state index contributed by atoms with van der Waals surface area (Å²) in [4.78, 5) is 5.22. The molecule has 2 unspecified atom stereocenters. The van der Waals surface area contributed by atoms with E-state index in [-0.39, 0.29) is 23.3 Å².